The number of amides is 2. The largest absolute Gasteiger partial charge is 0.494 e. The Morgan fingerprint density at radius 1 is 0.818 bits per heavy atom. The van der Waals surface area contributed by atoms with E-state index in [0.717, 1.165) is 7.11 Å². The third-order valence-corrected chi connectivity index (χ3v) is 4.81. The number of nitrogens with one attached hydrogen (secondary N) is 2. The molecule has 0 fully saturated rings. The van der Waals surface area contributed by atoms with Crippen molar-refractivity contribution >= 4 is 34.8 Å². The lowest BCUT2D eigenvalue weighted by molar-refractivity contribution is 0.101. The Morgan fingerprint density at radius 3 is 2.03 bits per heavy atom. The van der Waals surface area contributed by atoms with Gasteiger partial charge >= 0.3 is 0 Å². The van der Waals surface area contributed by atoms with Crippen LogP contribution in [0.25, 0.3) is 0 Å². The summed E-state index contributed by atoms with van der Waals surface area (Å²) in [5.74, 6) is -10.8. The summed E-state index contributed by atoms with van der Waals surface area (Å²) in [5.41, 5.74) is -1.11. The number of rotatable bonds is 6. The van der Waals surface area contributed by atoms with Crippen molar-refractivity contribution in [1.29, 1.82) is 0 Å². The van der Waals surface area contributed by atoms with Gasteiger partial charge in [-0.25, -0.2) is 8.78 Å². The lowest BCUT2D eigenvalue weighted by atomic mass is 10.1. The van der Waals surface area contributed by atoms with Gasteiger partial charge in [-0.2, -0.15) is 8.78 Å². The van der Waals surface area contributed by atoms with Crippen LogP contribution in [0.1, 0.15) is 20.7 Å². The molecule has 2 N–H and O–H groups in total. The van der Waals surface area contributed by atoms with E-state index in [0.29, 0.717) is 0 Å². The fourth-order valence-electron chi connectivity index (χ4n) is 2.89. The van der Waals surface area contributed by atoms with Crippen LogP contribution in [0.2, 0.25) is 5.02 Å². The van der Waals surface area contributed by atoms with E-state index in [1.54, 1.807) is 12.1 Å². The molecule has 0 unspecified atom stereocenters. The van der Waals surface area contributed by atoms with Crippen molar-refractivity contribution in [2.75, 3.05) is 24.9 Å². The van der Waals surface area contributed by atoms with Crippen molar-refractivity contribution < 1.29 is 36.6 Å². The van der Waals surface area contributed by atoms with Crippen molar-refractivity contribution in [3.8, 4) is 11.5 Å². The summed E-state index contributed by atoms with van der Waals surface area (Å²) >= 11 is 6.00. The topological polar surface area (TPSA) is 76.7 Å². The van der Waals surface area contributed by atoms with Gasteiger partial charge in [0.1, 0.15) is 11.3 Å². The first-order valence-electron chi connectivity index (χ1n) is 9.14. The minimum atomic E-state index is -1.92. The number of hydrogen-bond acceptors (Lipinski definition) is 4. The van der Waals surface area contributed by atoms with E-state index in [9.17, 15) is 27.2 Å². The maximum atomic E-state index is 14.2. The molecule has 0 atom stereocenters. The van der Waals surface area contributed by atoms with Gasteiger partial charge in [-0.3, -0.25) is 9.59 Å². The van der Waals surface area contributed by atoms with Gasteiger partial charge in [0.25, 0.3) is 11.8 Å². The van der Waals surface area contributed by atoms with Gasteiger partial charge in [-0.05, 0) is 24.3 Å². The molecule has 2 amide bonds. The van der Waals surface area contributed by atoms with Crippen LogP contribution >= 0.6 is 11.6 Å². The van der Waals surface area contributed by atoms with Crippen LogP contribution in [0.3, 0.4) is 0 Å². The standard InChI is InChI=1S/C22H15ClF4N2O4/c1-32-14-9-10(7-8-13(14)29-21(30)11-5-3-4-6-12(11)23)28-22(31)15-16(24)18(26)20(33-2)19(27)17(15)25/h3-9H,1-2H3,(H,28,31)(H,29,30). The molecule has 3 rings (SSSR count). The maximum Gasteiger partial charge on any atom is 0.261 e. The van der Waals surface area contributed by atoms with E-state index < -0.39 is 46.4 Å². The van der Waals surface area contributed by atoms with Crippen molar-refractivity contribution in [1.82, 2.24) is 0 Å². The molecule has 0 saturated carbocycles. The van der Waals surface area contributed by atoms with Crippen molar-refractivity contribution in [2.45, 2.75) is 0 Å². The summed E-state index contributed by atoms with van der Waals surface area (Å²) in [6.45, 7) is 0. The van der Waals surface area contributed by atoms with Gasteiger partial charge in [0, 0.05) is 11.8 Å². The minimum Gasteiger partial charge on any atom is -0.494 e. The SMILES string of the molecule is COc1cc(NC(=O)c2c(F)c(F)c(OC)c(F)c2F)ccc1NC(=O)c1ccccc1Cl. The number of benzene rings is 3. The smallest absolute Gasteiger partial charge is 0.261 e. The normalized spacial score (nSPS) is 10.5. The lowest BCUT2D eigenvalue weighted by Crippen LogP contribution is -2.19. The highest BCUT2D eigenvalue weighted by Crippen LogP contribution is 2.32. The predicted molar refractivity (Wildman–Crippen MR) is 113 cm³/mol. The molecular weight excluding hydrogens is 468 g/mol. The van der Waals surface area contributed by atoms with E-state index in [4.69, 9.17) is 16.3 Å². The zero-order chi connectivity index (χ0) is 24.3. The molecule has 0 saturated heterocycles. The third-order valence-electron chi connectivity index (χ3n) is 4.48. The first kappa shape index (κ1) is 23.9. The molecule has 33 heavy (non-hydrogen) atoms. The number of hydrogen-bond donors (Lipinski definition) is 2. The second-order valence-corrected chi connectivity index (χ2v) is 6.87. The monoisotopic (exact) mass is 482 g/mol. The van der Waals surface area contributed by atoms with Gasteiger partial charge in [-0.1, -0.05) is 23.7 Å². The molecule has 0 aromatic heterocycles. The highest BCUT2D eigenvalue weighted by molar-refractivity contribution is 6.34. The fourth-order valence-corrected chi connectivity index (χ4v) is 3.11. The Balaban J connectivity index is 1.87. The molecular formula is C22H15ClF4N2O4. The van der Waals surface area contributed by atoms with Crippen LogP contribution in [-0.4, -0.2) is 26.0 Å². The summed E-state index contributed by atoms with van der Waals surface area (Å²) < 4.78 is 65.6. The van der Waals surface area contributed by atoms with Gasteiger partial charge < -0.3 is 20.1 Å². The zero-order valence-electron chi connectivity index (χ0n) is 17.1. The van der Waals surface area contributed by atoms with Crippen LogP contribution < -0.4 is 20.1 Å². The zero-order valence-corrected chi connectivity index (χ0v) is 17.8. The second kappa shape index (κ2) is 9.78. The molecule has 172 valence electrons. The van der Waals surface area contributed by atoms with Gasteiger partial charge in [0.15, 0.2) is 17.4 Å². The van der Waals surface area contributed by atoms with Crippen molar-refractivity contribution in [3.05, 3.63) is 81.9 Å². The fraction of sp³-hybridized carbons (Fsp3) is 0.0909. The summed E-state index contributed by atoms with van der Waals surface area (Å²) in [6.07, 6.45) is 0. The second-order valence-electron chi connectivity index (χ2n) is 6.47. The highest BCUT2D eigenvalue weighted by atomic mass is 35.5. The minimum absolute atomic E-state index is 0.0389. The van der Waals surface area contributed by atoms with Crippen LogP contribution in [0.4, 0.5) is 28.9 Å². The van der Waals surface area contributed by atoms with Gasteiger partial charge in [-0.15, -0.1) is 0 Å². The van der Waals surface area contributed by atoms with Crippen LogP contribution in [0.5, 0.6) is 11.5 Å². The summed E-state index contributed by atoms with van der Waals surface area (Å²) in [7, 11) is 2.10. The Hall–Kier alpha value is -3.79. The Kier molecular flexibility index (Phi) is 7.07. The number of ether oxygens (including phenoxy) is 2. The average molecular weight is 483 g/mol. The number of carbonyl (C=O) groups excluding carboxylic acids is 2. The first-order valence-corrected chi connectivity index (χ1v) is 9.52. The van der Waals surface area contributed by atoms with E-state index in [1.165, 1.54) is 37.4 Å². The highest BCUT2D eigenvalue weighted by Gasteiger charge is 2.30. The molecule has 0 spiro atoms. The Morgan fingerprint density at radius 2 is 1.45 bits per heavy atom. The van der Waals surface area contributed by atoms with Gasteiger partial charge in [0.2, 0.25) is 11.6 Å². The molecule has 0 aliphatic carbocycles. The number of halogens is 5. The molecule has 6 nitrogen and oxygen atoms in total. The van der Waals surface area contributed by atoms with Crippen molar-refractivity contribution in [3.63, 3.8) is 0 Å². The Labute approximate surface area is 190 Å². The number of carbonyl (C=O) groups is 2. The van der Waals surface area contributed by atoms with Crippen LogP contribution in [0, 0.1) is 23.3 Å². The Bertz CT molecular complexity index is 1220. The number of anilines is 2. The van der Waals surface area contributed by atoms with Crippen LogP contribution in [-0.2, 0) is 0 Å². The molecule has 0 heterocycles. The summed E-state index contributed by atoms with van der Waals surface area (Å²) in [5, 5.41) is 4.93. The molecule has 0 radical (unpaired) electrons. The third kappa shape index (κ3) is 4.70. The van der Waals surface area contributed by atoms with E-state index in [-0.39, 0.29) is 27.7 Å². The van der Waals surface area contributed by atoms with Crippen LogP contribution in [0.15, 0.2) is 42.5 Å². The molecule has 0 aliphatic heterocycles. The predicted octanol–water partition coefficient (Wildman–Crippen LogP) is 5.42. The average Bonchev–Trinajstić information content (AvgIpc) is 2.79. The van der Waals surface area contributed by atoms with Gasteiger partial charge in [0.05, 0.1) is 30.5 Å². The molecule has 3 aromatic rings. The summed E-state index contributed by atoms with van der Waals surface area (Å²) in [6, 6.07) is 10.2. The first-order chi connectivity index (χ1) is 15.7. The van der Waals surface area contributed by atoms with Crippen molar-refractivity contribution in [2.24, 2.45) is 0 Å². The molecule has 0 aliphatic rings. The van der Waals surface area contributed by atoms with E-state index in [2.05, 4.69) is 15.4 Å². The lowest BCUT2D eigenvalue weighted by Gasteiger charge is -2.14. The maximum absolute atomic E-state index is 14.2. The quantitative estimate of drug-likeness (QED) is 0.363. The molecule has 11 heteroatoms. The van der Waals surface area contributed by atoms with E-state index in [1.807, 2.05) is 0 Å². The summed E-state index contributed by atoms with van der Waals surface area (Å²) in [4.78, 5) is 24.8. The molecule has 3 aromatic carbocycles. The van der Waals surface area contributed by atoms with E-state index >= 15 is 0 Å². The molecule has 0 bridgehead atoms. The number of methoxy groups -OCH3 is 2.